The molecule has 0 unspecified atom stereocenters. The van der Waals surface area contributed by atoms with Gasteiger partial charge in [0.2, 0.25) is 0 Å². The minimum atomic E-state index is -1.19. The van der Waals surface area contributed by atoms with Gasteiger partial charge in [0.05, 0.1) is 7.11 Å². The zero-order chi connectivity index (χ0) is 11.7. The van der Waals surface area contributed by atoms with Crippen LogP contribution >= 0.6 is 0 Å². The average molecular weight is 222 g/mol. The van der Waals surface area contributed by atoms with Gasteiger partial charge in [0, 0.05) is 6.20 Å². The van der Waals surface area contributed by atoms with Crippen LogP contribution in [0, 0.1) is 0 Å². The molecule has 0 aliphatic carbocycles. The molecule has 0 spiro atoms. The van der Waals surface area contributed by atoms with Gasteiger partial charge >= 0.3 is 11.9 Å². The largest absolute Gasteiger partial charge is 0.477 e. The normalized spacial score (nSPS) is 10.3. The fourth-order valence-electron chi connectivity index (χ4n) is 1.13. The number of carbonyl (C=O) groups is 2. The Hall–Kier alpha value is -2.51. The molecule has 0 amide bonds. The van der Waals surface area contributed by atoms with Crippen LogP contribution in [0.25, 0.3) is 5.78 Å². The van der Waals surface area contributed by atoms with Crippen LogP contribution in [0.15, 0.2) is 12.3 Å². The van der Waals surface area contributed by atoms with Crippen LogP contribution in [-0.4, -0.2) is 43.7 Å². The summed E-state index contributed by atoms with van der Waals surface area (Å²) < 4.78 is 5.38. The van der Waals surface area contributed by atoms with Crippen molar-refractivity contribution in [3.05, 3.63) is 23.8 Å². The Bertz CT molecular complexity index is 576. The third kappa shape index (κ3) is 1.45. The first kappa shape index (κ1) is 10.0. The zero-order valence-corrected chi connectivity index (χ0v) is 8.12. The number of methoxy groups -OCH3 is 1. The Morgan fingerprint density at radius 1 is 1.50 bits per heavy atom. The maximum atomic E-state index is 11.1. The van der Waals surface area contributed by atoms with Gasteiger partial charge in [0.1, 0.15) is 0 Å². The molecule has 2 rings (SSSR count). The van der Waals surface area contributed by atoms with Crippen LogP contribution < -0.4 is 0 Å². The van der Waals surface area contributed by atoms with Gasteiger partial charge in [0.25, 0.3) is 11.6 Å². The first-order valence-corrected chi connectivity index (χ1v) is 4.17. The molecule has 0 atom stereocenters. The molecule has 0 fully saturated rings. The standard InChI is InChI=1S/C8H6N4O4/c1-16-7(15)5-10-8-9-3-2-4(6(13)14)12(8)11-5/h2-3H,1H3,(H,13,14). The summed E-state index contributed by atoms with van der Waals surface area (Å²) in [5, 5.41) is 12.5. The highest BCUT2D eigenvalue weighted by molar-refractivity contribution is 5.87. The lowest BCUT2D eigenvalue weighted by Gasteiger charge is -1.95. The molecule has 82 valence electrons. The summed E-state index contributed by atoms with van der Waals surface area (Å²) in [6.07, 6.45) is 1.27. The van der Waals surface area contributed by atoms with Crippen molar-refractivity contribution in [1.29, 1.82) is 0 Å². The quantitative estimate of drug-likeness (QED) is 0.689. The highest BCUT2D eigenvalue weighted by Crippen LogP contribution is 2.03. The number of aromatic carboxylic acids is 1. The van der Waals surface area contributed by atoms with E-state index in [0.717, 1.165) is 4.52 Å². The summed E-state index contributed by atoms with van der Waals surface area (Å²) in [6, 6.07) is 1.26. The van der Waals surface area contributed by atoms with E-state index in [2.05, 4.69) is 19.8 Å². The van der Waals surface area contributed by atoms with E-state index < -0.39 is 11.9 Å². The molecule has 0 saturated carbocycles. The Labute approximate surface area is 88.5 Å². The average Bonchev–Trinajstić information content (AvgIpc) is 2.70. The van der Waals surface area contributed by atoms with Gasteiger partial charge in [-0.1, -0.05) is 0 Å². The van der Waals surface area contributed by atoms with Crippen molar-refractivity contribution in [2.24, 2.45) is 0 Å². The Kier molecular flexibility index (Phi) is 2.24. The van der Waals surface area contributed by atoms with Crippen molar-refractivity contribution in [3.63, 3.8) is 0 Å². The minimum absolute atomic E-state index is 0.0281. The molecule has 0 aliphatic heterocycles. The van der Waals surface area contributed by atoms with Crippen LogP contribution in [0.1, 0.15) is 21.1 Å². The second kappa shape index (κ2) is 3.57. The SMILES string of the molecule is COC(=O)c1nc2nccc(C(=O)O)n2n1. The monoisotopic (exact) mass is 222 g/mol. The second-order valence-electron chi connectivity index (χ2n) is 2.77. The lowest BCUT2D eigenvalue weighted by molar-refractivity contribution is 0.0584. The van der Waals surface area contributed by atoms with Crippen molar-refractivity contribution < 1.29 is 19.4 Å². The second-order valence-corrected chi connectivity index (χ2v) is 2.77. The van der Waals surface area contributed by atoms with E-state index in [9.17, 15) is 9.59 Å². The molecule has 2 heterocycles. The van der Waals surface area contributed by atoms with E-state index in [0.29, 0.717) is 0 Å². The molecule has 8 nitrogen and oxygen atoms in total. The predicted molar refractivity (Wildman–Crippen MR) is 49.1 cm³/mol. The Morgan fingerprint density at radius 2 is 2.25 bits per heavy atom. The van der Waals surface area contributed by atoms with E-state index in [1.807, 2.05) is 0 Å². The Morgan fingerprint density at radius 3 is 2.88 bits per heavy atom. The molecule has 0 radical (unpaired) electrons. The van der Waals surface area contributed by atoms with Crippen LogP contribution in [0.2, 0.25) is 0 Å². The van der Waals surface area contributed by atoms with Gasteiger partial charge in [-0.3, -0.25) is 0 Å². The number of hydrogen-bond acceptors (Lipinski definition) is 6. The van der Waals surface area contributed by atoms with Crippen molar-refractivity contribution in [2.75, 3.05) is 7.11 Å². The number of nitrogens with zero attached hydrogens (tertiary/aromatic N) is 4. The molecule has 2 aromatic rings. The molecule has 16 heavy (non-hydrogen) atoms. The molecule has 8 heteroatoms. The number of fused-ring (bicyclic) bond motifs is 1. The summed E-state index contributed by atoms with van der Waals surface area (Å²) in [5.74, 6) is -2.14. The maximum Gasteiger partial charge on any atom is 0.378 e. The molecule has 0 aromatic carbocycles. The fourth-order valence-corrected chi connectivity index (χ4v) is 1.13. The summed E-state index contributed by atoms with van der Waals surface area (Å²) in [6.45, 7) is 0. The van der Waals surface area contributed by atoms with Gasteiger partial charge < -0.3 is 9.84 Å². The highest BCUT2D eigenvalue weighted by atomic mass is 16.5. The number of rotatable bonds is 2. The number of esters is 1. The van der Waals surface area contributed by atoms with Crippen molar-refractivity contribution >= 4 is 17.7 Å². The third-order valence-corrected chi connectivity index (χ3v) is 1.83. The van der Waals surface area contributed by atoms with E-state index in [-0.39, 0.29) is 17.3 Å². The lowest BCUT2D eigenvalue weighted by Crippen LogP contribution is -2.08. The first-order chi connectivity index (χ1) is 7.63. The van der Waals surface area contributed by atoms with Crippen LogP contribution in [0.5, 0.6) is 0 Å². The maximum absolute atomic E-state index is 11.1. The number of carboxylic acids is 1. The zero-order valence-electron chi connectivity index (χ0n) is 8.12. The summed E-state index contributed by atoms with van der Waals surface area (Å²) in [5.41, 5.74) is -0.132. The molecular formula is C8H6N4O4. The van der Waals surface area contributed by atoms with Gasteiger partial charge in [0.15, 0.2) is 5.69 Å². The molecular weight excluding hydrogens is 216 g/mol. The van der Waals surface area contributed by atoms with Crippen LogP contribution in [-0.2, 0) is 4.74 Å². The number of ether oxygens (including phenoxy) is 1. The fraction of sp³-hybridized carbons (Fsp3) is 0.125. The van der Waals surface area contributed by atoms with Crippen molar-refractivity contribution in [2.45, 2.75) is 0 Å². The molecule has 0 bridgehead atoms. The van der Waals surface area contributed by atoms with Crippen molar-refractivity contribution in [3.8, 4) is 0 Å². The number of hydrogen-bond donors (Lipinski definition) is 1. The predicted octanol–water partition coefficient (Wildman–Crippen LogP) is -0.391. The number of carbonyl (C=O) groups excluding carboxylic acids is 1. The number of aromatic nitrogens is 4. The van der Waals surface area contributed by atoms with E-state index in [1.165, 1.54) is 19.4 Å². The molecule has 2 aromatic heterocycles. The minimum Gasteiger partial charge on any atom is -0.477 e. The van der Waals surface area contributed by atoms with Gasteiger partial charge in [-0.2, -0.15) is 9.50 Å². The molecule has 0 saturated heterocycles. The smallest absolute Gasteiger partial charge is 0.378 e. The molecule has 0 aliphatic rings. The van der Waals surface area contributed by atoms with E-state index in [4.69, 9.17) is 5.11 Å². The summed E-state index contributed by atoms with van der Waals surface area (Å²) in [7, 11) is 1.18. The third-order valence-electron chi connectivity index (χ3n) is 1.83. The molecule has 1 N–H and O–H groups in total. The van der Waals surface area contributed by atoms with E-state index >= 15 is 0 Å². The number of carboxylic acid groups (broad SMARTS) is 1. The highest BCUT2D eigenvalue weighted by Gasteiger charge is 2.17. The van der Waals surface area contributed by atoms with Gasteiger partial charge in [-0.15, -0.1) is 5.10 Å². The summed E-state index contributed by atoms with van der Waals surface area (Å²) >= 11 is 0. The van der Waals surface area contributed by atoms with E-state index in [1.54, 1.807) is 0 Å². The summed E-state index contributed by atoms with van der Waals surface area (Å²) in [4.78, 5) is 29.5. The topological polar surface area (TPSA) is 107 Å². The van der Waals surface area contributed by atoms with Crippen LogP contribution in [0.4, 0.5) is 0 Å². The van der Waals surface area contributed by atoms with Gasteiger partial charge in [-0.25, -0.2) is 14.6 Å². The lowest BCUT2D eigenvalue weighted by atomic mass is 10.4. The van der Waals surface area contributed by atoms with Crippen LogP contribution in [0.3, 0.4) is 0 Å². The van der Waals surface area contributed by atoms with Crippen molar-refractivity contribution in [1.82, 2.24) is 19.6 Å². The first-order valence-electron chi connectivity index (χ1n) is 4.17. The van der Waals surface area contributed by atoms with Gasteiger partial charge in [-0.05, 0) is 6.07 Å². The Balaban J connectivity index is 2.65.